The maximum atomic E-state index is 13.3. The Morgan fingerprint density at radius 1 is 1.10 bits per heavy atom. The highest BCUT2D eigenvalue weighted by Crippen LogP contribution is 2.22. The number of benzene rings is 2. The van der Waals surface area contributed by atoms with Gasteiger partial charge in [0, 0.05) is 6.04 Å². The van der Waals surface area contributed by atoms with E-state index in [4.69, 9.17) is 0 Å². The van der Waals surface area contributed by atoms with E-state index in [2.05, 4.69) is 5.32 Å². The molecule has 4 heteroatoms. The zero-order chi connectivity index (χ0) is 14.5. The van der Waals surface area contributed by atoms with E-state index < -0.39 is 11.6 Å². The summed E-state index contributed by atoms with van der Waals surface area (Å²) >= 11 is 0. The second kappa shape index (κ2) is 6.48. The highest BCUT2D eigenvalue weighted by atomic mass is 19.2. The van der Waals surface area contributed by atoms with Gasteiger partial charge in [-0.05, 0) is 48.4 Å². The molecule has 106 valence electrons. The molecule has 2 rings (SSSR count). The van der Waals surface area contributed by atoms with E-state index in [1.807, 2.05) is 13.0 Å². The first-order valence-electron chi connectivity index (χ1n) is 6.56. The third kappa shape index (κ3) is 3.54. The quantitative estimate of drug-likeness (QED) is 0.875. The van der Waals surface area contributed by atoms with Crippen molar-refractivity contribution in [2.45, 2.75) is 19.4 Å². The van der Waals surface area contributed by atoms with Crippen LogP contribution in [-0.4, -0.2) is 11.7 Å². The Labute approximate surface area is 117 Å². The lowest BCUT2D eigenvalue weighted by Crippen LogP contribution is -2.23. The van der Waals surface area contributed by atoms with Crippen LogP contribution in [0, 0.1) is 11.6 Å². The summed E-state index contributed by atoms with van der Waals surface area (Å²) in [6.07, 6.45) is 0.591. The second-order valence-electron chi connectivity index (χ2n) is 4.66. The van der Waals surface area contributed by atoms with Crippen LogP contribution in [0.4, 0.5) is 8.78 Å². The van der Waals surface area contributed by atoms with Crippen molar-refractivity contribution in [2.24, 2.45) is 0 Å². The first kappa shape index (κ1) is 14.5. The summed E-state index contributed by atoms with van der Waals surface area (Å²) < 4.78 is 26.3. The topological polar surface area (TPSA) is 32.3 Å². The minimum absolute atomic E-state index is 0.128. The Balaban J connectivity index is 2.24. The molecule has 0 aromatic heterocycles. The zero-order valence-electron chi connectivity index (χ0n) is 11.2. The molecule has 1 unspecified atom stereocenters. The summed E-state index contributed by atoms with van der Waals surface area (Å²) in [4.78, 5) is 0. The second-order valence-corrected chi connectivity index (χ2v) is 4.66. The third-order valence-electron chi connectivity index (χ3n) is 3.15. The fourth-order valence-electron chi connectivity index (χ4n) is 2.20. The standard InChI is InChI=1S/C16H17F2NO/c1-2-19-16(9-11-4-3-5-13(20)8-11)12-6-7-14(17)15(18)10-12/h3-8,10,16,19-20H,2,9H2,1H3. The lowest BCUT2D eigenvalue weighted by Gasteiger charge is -2.19. The van der Waals surface area contributed by atoms with Gasteiger partial charge in [0.1, 0.15) is 5.75 Å². The molecule has 1 atom stereocenters. The molecular formula is C16H17F2NO. The van der Waals surface area contributed by atoms with Crippen LogP contribution in [0.15, 0.2) is 42.5 Å². The molecule has 0 spiro atoms. The molecule has 0 heterocycles. The number of likely N-dealkylation sites (N-methyl/N-ethyl adjacent to an activating group) is 1. The van der Waals surface area contributed by atoms with Crippen molar-refractivity contribution < 1.29 is 13.9 Å². The van der Waals surface area contributed by atoms with Crippen LogP contribution < -0.4 is 5.32 Å². The van der Waals surface area contributed by atoms with Crippen LogP contribution in [0.2, 0.25) is 0 Å². The van der Waals surface area contributed by atoms with E-state index >= 15 is 0 Å². The van der Waals surface area contributed by atoms with Gasteiger partial charge in [0.2, 0.25) is 0 Å². The number of hydrogen-bond acceptors (Lipinski definition) is 2. The average Bonchev–Trinajstić information content (AvgIpc) is 2.41. The van der Waals surface area contributed by atoms with E-state index in [9.17, 15) is 13.9 Å². The number of phenols is 1. The van der Waals surface area contributed by atoms with Crippen molar-refractivity contribution in [3.05, 3.63) is 65.2 Å². The molecule has 0 bridgehead atoms. The Kier molecular flexibility index (Phi) is 4.69. The van der Waals surface area contributed by atoms with Gasteiger partial charge in [-0.1, -0.05) is 25.1 Å². The Morgan fingerprint density at radius 3 is 2.55 bits per heavy atom. The van der Waals surface area contributed by atoms with Gasteiger partial charge < -0.3 is 10.4 Å². The molecule has 0 aliphatic rings. The largest absolute Gasteiger partial charge is 0.508 e. The van der Waals surface area contributed by atoms with Crippen molar-refractivity contribution >= 4 is 0 Å². The summed E-state index contributed by atoms with van der Waals surface area (Å²) in [5.74, 6) is -1.49. The van der Waals surface area contributed by atoms with Gasteiger partial charge >= 0.3 is 0 Å². The van der Waals surface area contributed by atoms with Crippen molar-refractivity contribution in [2.75, 3.05) is 6.54 Å². The number of rotatable bonds is 5. The van der Waals surface area contributed by atoms with Gasteiger partial charge in [-0.25, -0.2) is 8.78 Å². The number of hydrogen-bond donors (Lipinski definition) is 2. The Hall–Kier alpha value is -1.94. The van der Waals surface area contributed by atoms with Crippen LogP contribution in [0.5, 0.6) is 5.75 Å². The van der Waals surface area contributed by atoms with E-state index in [0.29, 0.717) is 18.5 Å². The fraction of sp³-hybridized carbons (Fsp3) is 0.250. The number of nitrogens with one attached hydrogen (secondary N) is 1. The summed E-state index contributed by atoms with van der Waals surface area (Å²) in [5, 5.41) is 12.7. The summed E-state index contributed by atoms with van der Waals surface area (Å²) in [7, 11) is 0. The molecule has 0 aliphatic heterocycles. The average molecular weight is 277 g/mol. The molecule has 2 aromatic rings. The van der Waals surface area contributed by atoms with Gasteiger partial charge in [0.05, 0.1) is 0 Å². The lowest BCUT2D eigenvalue weighted by molar-refractivity contribution is 0.472. The minimum Gasteiger partial charge on any atom is -0.508 e. The summed E-state index contributed by atoms with van der Waals surface area (Å²) in [5.41, 5.74) is 1.62. The predicted octanol–water partition coefficient (Wildman–Crippen LogP) is 3.56. The predicted molar refractivity (Wildman–Crippen MR) is 74.6 cm³/mol. The van der Waals surface area contributed by atoms with Crippen LogP contribution in [0.1, 0.15) is 24.1 Å². The molecule has 20 heavy (non-hydrogen) atoms. The van der Waals surface area contributed by atoms with Gasteiger partial charge in [0.25, 0.3) is 0 Å². The maximum absolute atomic E-state index is 13.3. The van der Waals surface area contributed by atoms with E-state index in [1.165, 1.54) is 6.07 Å². The molecule has 2 aromatic carbocycles. The monoisotopic (exact) mass is 277 g/mol. The molecule has 0 amide bonds. The first-order chi connectivity index (χ1) is 9.60. The van der Waals surface area contributed by atoms with Gasteiger partial charge in [0.15, 0.2) is 11.6 Å². The smallest absolute Gasteiger partial charge is 0.159 e. The highest BCUT2D eigenvalue weighted by Gasteiger charge is 2.14. The summed E-state index contributed by atoms with van der Waals surface area (Å²) in [6.45, 7) is 2.66. The number of phenolic OH excluding ortho intramolecular Hbond substituents is 1. The normalized spacial score (nSPS) is 12.3. The molecule has 0 fully saturated rings. The van der Waals surface area contributed by atoms with Crippen molar-refractivity contribution in [1.29, 1.82) is 0 Å². The van der Waals surface area contributed by atoms with Crippen molar-refractivity contribution in [3.63, 3.8) is 0 Å². The van der Waals surface area contributed by atoms with Crippen LogP contribution >= 0.6 is 0 Å². The lowest BCUT2D eigenvalue weighted by atomic mass is 9.98. The minimum atomic E-state index is -0.846. The molecule has 2 nitrogen and oxygen atoms in total. The SMILES string of the molecule is CCNC(Cc1cccc(O)c1)c1ccc(F)c(F)c1. The zero-order valence-corrected chi connectivity index (χ0v) is 11.2. The molecule has 0 saturated carbocycles. The first-order valence-corrected chi connectivity index (χ1v) is 6.56. The van der Waals surface area contributed by atoms with E-state index in [1.54, 1.807) is 24.3 Å². The maximum Gasteiger partial charge on any atom is 0.159 e. The van der Waals surface area contributed by atoms with Crippen molar-refractivity contribution in [3.8, 4) is 5.75 Å². The number of aromatic hydroxyl groups is 1. The van der Waals surface area contributed by atoms with Crippen LogP contribution in [-0.2, 0) is 6.42 Å². The van der Waals surface area contributed by atoms with Gasteiger partial charge in [-0.2, -0.15) is 0 Å². The van der Waals surface area contributed by atoms with Crippen LogP contribution in [0.25, 0.3) is 0 Å². The molecule has 0 saturated heterocycles. The van der Waals surface area contributed by atoms with Gasteiger partial charge in [-0.15, -0.1) is 0 Å². The Morgan fingerprint density at radius 2 is 1.90 bits per heavy atom. The number of halogens is 2. The van der Waals surface area contributed by atoms with Crippen molar-refractivity contribution in [1.82, 2.24) is 5.32 Å². The molecular weight excluding hydrogens is 260 g/mol. The summed E-state index contributed by atoms with van der Waals surface area (Å²) in [6, 6.07) is 10.7. The van der Waals surface area contributed by atoms with E-state index in [-0.39, 0.29) is 11.8 Å². The third-order valence-corrected chi connectivity index (χ3v) is 3.15. The Bertz CT molecular complexity index is 586. The molecule has 2 N–H and O–H groups in total. The fourth-order valence-corrected chi connectivity index (χ4v) is 2.20. The highest BCUT2D eigenvalue weighted by molar-refractivity contribution is 5.30. The molecule has 0 aliphatic carbocycles. The van der Waals surface area contributed by atoms with Crippen LogP contribution in [0.3, 0.4) is 0 Å². The molecule has 0 radical (unpaired) electrons. The van der Waals surface area contributed by atoms with Gasteiger partial charge in [-0.3, -0.25) is 0 Å². The van der Waals surface area contributed by atoms with E-state index in [0.717, 1.165) is 11.6 Å².